The average Bonchev–Trinajstić information content (AvgIpc) is 3.38. The van der Waals surface area contributed by atoms with Crippen LogP contribution in [0.3, 0.4) is 0 Å². The average molecular weight is 397 g/mol. The quantitative estimate of drug-likeness (QED) is 0.590. The summed E-state index contributed by atoms with van der Waals surface area (Å²) in [5.41, 5.74) is 3.22. The summed E-state index contributed by atoms with van der Waals surface area (Å²) in [6.45, 7) is 1.38. The summed E-state index contributed by atoms with van der Waals surface area (Å²) in [4.78, 5) is 15.6. The Morgan fingerprint density at radius 3 is 3.00 bits per heavy atom. The number of carbonyl (C=O) groups excluding carboxylic acids is 1. The maximum absolute atomic E-state index is 12.6. The molecule has 1 atom stereocenters. The predicted molar refractivity (Wildman–Crippen MR) is 109 cm³/mol. The second kappa shape index (κ2) is 8.71. The van der Waals surface area contributed by atoms with Gasteiger partial charge in [0.1, 0.15) is 17.6 Å². The molecule has 1 aliphatic rings. The van der Waals surface area contributed by atoms with Crippen molar-refractivity contribution in [1.82, 2.24) is 10.1 Å². The fourth-order valence-corrected chi connectivity index (χ4v) is 4.48. The maximum atomic E-state index is 12.6. The molecule has 28 heavy (non-hydrogen) atoms. The smallest absolute Gasteiger partial charge is 0.225 e. The van der Waals surface area contributed by atoms with Crippen molar-refractivity contribution in [1.29, 1.82) is 0 Å². The van der Waals surface area contributed by atoms with Crippen LogP contribution in [0.2, 0.25) is 0 Å². The SMILES string of the molecule is CN(CCCc1cc(-c2ccccc2)no1)C(=O)C[C@H]1OCCc2ccsc21. The highest BCUT2D eigenvalue weighted by molar-refractivity contribution is 7.10. The van der Waals surface area contributed by atoms with Crippen molar-refractivity contribution in [2.75, 3.05) is 20.2 Å². The van der Waals surface area contributed by atoms with Crippen molar-refractivity contribution >= 4 is 17.2 Å². The summed E-state index contributed by atoms with van der Waals surface area (Å²) in [6.07, 6.45) is 2.85. The van der Waals surface area contributed by atoms with Gasteiger partial charge in [-0.15, -0.1) is 11.3 Å². The van der Waals surface area contributed by atoms with Crippen molar-refractivity contribution in [2.24, 2.45) is 0 Å². The topological polar surface area (TPSA) is 55.6 Å². The molecule has 0 saturated heterocycles. The highest BCUT2D eigenvalue weighted by Gasteiger charge is 2.25. The molecule has 6 heteroatoms. The molecule has 5 nitrogen and oxygen atoms in total. The van der Waals surface area contributed by atoms with E-state index in [2.05, 4.69) is 16.6 Å². The fourth-order valence-electron chi connectivity index (χ4n) is 3.48. The largest absolute Gasteiger partial charge is 0.372 e. The van der Waals surface area contributed by atoms with E-state index in [9.17, 15) is 4.79 Å². The standard InChI is InChI=1S/C22H24N2O3S/c1-24(21(25)15-20-22-17(9-12-26-20)10-13-28-22)11-5-8-18-14-19(23-27-18)16-6-3-2-4-7-16/h2-4,6-7,10,13-14,20H,5,8-9,11-12,15H2,1H3/t20-/m1/s1. The minimum absolute atomic E-state index is 0.0959. The Balaban J connectivity index is 1.25. The van der Waals surface area contributed by atoms with E-state index < -0.39 is 0 Å². The number of carbonyl (C=O) groups is 1. The van der Waals surface area contributed by atoms with Gasteiger partial charge < -0.3 is 14.2 Å². The van der Waals surface area contributed by atoms with Gasteiger partial charge in [0, 0.05) is 36.5 Å². The Labute approximate surface area is 168 Å². The van der Waals surface area contributed by atoms with Crippen molar-refractivity contribution in [2.45, 2.75) is 31.8 Å². The van der Waals surface area contributed by atoms with E-state index in [1.807, 2.05) is 43.4 Å². The lowest BCUT2D eigenvalue weighted by Gasteiger charge is -2.25. The first-order chi connectivity index (χ1) is 13.7. The van der Waals surface area contributed by atoms with Crippen LogP contribution >= 0.6 is 11.3 Å². The van der Waals surface area contributed by atoms with Gasteiger partial charge in [-0.25, -0.2) is 0 Å². The Hall–Kier alpha value is -2.44. The molecule has 1 amide bonds. The van der Waals surface area contributed by atoms with Gasteiger partial charge in [0.25, 0.3) is 0 Å². The van der Waals surface area contributed by atoms with Gasteiger partial charge in [-0.3, -0.25) is 4.79 Å². The zero-order valence-electron chi connectivity index (χ0n) is 16.0. The van der Waals surface area contributed by atoms with E-state index in [0.717, 1.165) is 36.3 Å². The molecule has 3 aromatic rings. The van der Waals surface area contributed by atoms with E-state index in [0.29, 0.717) is 19.6 Å². The molecule has 0 aliphatic carbocycles. The molecule has 0 N–H and O–H groups in total. The second-order valence-electron chi connectivity index (χ2n) is 7.09. The molecule has 146 valence electrons. The third kappa shape index (κ3) is 4.34. The third-order valence-corrected chi connectivity index (χ3v) is 6.15. The van der Waals surface area contributed by atoms with Crippen LogP contribution in [0.4, 0.5) is 0 Å². The van der Waals surface area contributed by atoms with E-state index in [1.54, 1.807) is 16.2 Å². The number of ether oxygens (including phenoxy) is 1. The van der Waals surface area contributed by atoms with Crippen molar-refractivity contribution < 1.29 is 14.1 Å². The number of benzene rings is 1. The molecule has 4 rings (SSSR count). The number of rotatable bonds is 7. The number of hydrogen-bond donors (Lipinski definition) is 0. The lowest BCUT2D eigenvalue weighted by molar-refractivity contribution is -0.133. The zero-order chi connectivity index (χ0) is 19.3. The monoisotopic (exact) mass is 396 g/mol. The van der Waals surface area contributed by atoms with E-state index in [-0.39, 0.29) is 12.0 Å². The number of fused-ring (bicyclic) bond motifs is 1. The Bertz CT molecular complexity index is 919. The van der Waals surface area contributed by atoms with Crippen LogP contribution in [-0.2, 0) is 22.4 Å². The lowest BCUT2D eigenvalue weighted by atomic mass is 10.1. The molecular weight excluding hydrogens is 372 g/mol. The van der Waals surface area contributed by atoms with E-state index >= 15 is 0 Å². The summed E-state index contributed by atoms with van der Waals surface area (Å²) in [5.74, 6) is 0.965. The first-order valence-electron chi connectivity index (χ1n) is 9.63. The molecular formula is C22H24N2O3S. The minimum Gasteiger partial charge on any atom is -0.372 e. The summed E-state index contributed by atoms with van der Waals surface area (Å²) < 4.78 is 11.3. The highest BCUT2D eigenvalue weighted by atomic mass is 32.1. The lowest BCUT2D eigenvalue weighted by Crippen LogP contribution is -2.30. The normalized spacial score (nSPS) is 16.0. The molecule has 0 spiro atoms. The van der Waals surface area contributed by atoms with Crippen LogP contribution in [0.1, 0.15) is 35.1 Å². The highest BCUT2D eigenvalue weighted by Crippen LogP contribution is 2.34. The molecule has 2 aromatic heterocycles. The van der Waals surface area contributed by atoms with Crippen molar-refractivity contribution in [3.63, 3.8) is 0 Å². The summed E-state index contributed by atoms with van der Waals surface area (Å²) in [5, 5.41) is 6.23. The molecule has 0 radical (unpaired) electrons. The van der Waals surface area contributed by atoms with Gasteiger partial charge in [0.15, 0.2) is 0 Å². The fraction of sp³-hybridized carbons (Fsp3) is 0.364. The molecule has 1 aromatic carbocycles. The number of nitrogens with zero attached hydrogens (tertiary/aromatic N) is 2. The molecule has 3 heterocycles. The summed E-state index contributed by atoms with van der Waals surface area (Å²) in [7, 11) is 1.86. The van der Waals surface area contributed by atoms with E-state index in [1.165, 1.54) is 10.4 Å². The van der Waals surface area contributed by atoms with Gasteiger partial charge in [-0.1, -0.05) is 35.5 Å². The molecule has 1 aliphatic heterocycles. The van der Waals surface area contributed by atoms with Crippen LogP contribution in [0, 0.1) is 0 Å². The third-order valence-electron chi connectivity index (χ3n) is 5.09. The van der Waals surface area contributed by atoms with Gasteiger partial charge in [0.05, 0.1) is 13.0 Å². The zero-order valence-corrected chi connectivity index (χ0v) is 16.8. The number of hydrogen-bond acceptors (Lipinski definition) is 5. The Kier molecular flexibility index (Phi) is 5.88. The van der Waals surface area contributed by atoms with Crippen molar-refractivity contribution in [3.8, 4) is 11.3 Å². The molecule has 0 fully saturated rings. The predicted octanol–water partition coefficient (Wildman–Crippen LogP) is 4.50. The van der Waals surface area contributed by atoms with Gasteiger partial charge in [-0.2, -0.15) is 0 Å². The van der Waals surface area contributed by atoms with Crippen LogP contribution in [0.5, 0.6) is 0 Å². The maximum Gasteiger partial charge on any atom is 0.225 e. The summed E-state index contributed by atoms with van der Waals surface area (Å²) >= 11 is 1.69. The van der Waals surface area contributed by atoms with Crippen LogP contribution in [-0.4, -0.2) is 36.2 Å². The van der Waals surface area contributed by atoms with Gasteiger partial charge in [-0.05, 0) is 29.9 Å². The Morgan fingerprint density at radius 1 is 1.29 bits per heavy atom. The summed E-state index contributed by atoms with van der Waals surface area (Å²) in [6, 6.07) is 14.1. The number of amides is 1. The number of aromatic nitrogens is 1. The van der Waals surface area contributed by atoms with E-state index in [4.69, 9.17) is 9.26 Å². The molecule has 0 bridgehead atoms. The minimum atomic E-state index is -0.0959. The van der Waals surface area contributed by atoms with Crippen molar-refractivity contribution in [3.05, 3.63) is 64.0 Å². The Morgan fingerprint density at radius 2 is 2.14 bits per heavy atom. The van der Waals surface area contributed by atoms with Crippen LogP contribution < -0.4 is 0 Å². The second-order valence-corrected chi connectivity index (χ2v) is 8.03. The van der Waals surface area contributed by atoms with Gasteiger partial charge >= 0.3 is 0 Å². The first-order valence-corrected chi connectivity index (χ1v) is 10.5. The van der Waals surface area contributed by atoms with Gasteiger partial charge in [0.2, 0.25) is 5.91 Å². The number of aryl methyl sites for hydroxylation is 1. The number of thiophene rings is 1. The molecule has 0 saturated carbocycles. The first kappa shape index (κ1) is 18.9. The van der Waals surface area contributed by atoms with Crippen LogP contribution in [0.25, 0.3) is 11.3 Å². The molecule has 0 unspecified atom stereocenters. The van der Waals surface area contributed by atoms with Crippen LogP contribution in [0.15, 0.2) is 52.4 Å².